The van der Waals surface area contributed by atoms with Gasteiger partial charge in [0, 0.05) is 9.79 Å². The second kappa shape index (κ2) is 10.4. The molecule has 160 valence electrons. The van der Waals surface area contributed by atoms with Gasteiger partial charge < -0.3 is 10.1 Å². The molecule has 1 heterocycles. The summed E-state index contributed by atoms with van der Waals surface area (Å²) in [5.74, 6) is -0.957. The number of nitrogens with one attached hydrogen (secondary N) is 1. The molecule has 8 heteroatoms. The minimum absolute atomic E-state index is 0.371. The van der Waals surface area contributed by atoms with Crippen molar-refractivity contribution in [2.24, 2.45) is 0 Å². The fourth-order valence-corrected chi connectivity index (χ4v) is 3.85. The first-order chi connectivity index (χ1) is 15.7. The van der Waals surface area contributed by atoms with Gasteiger partial charge in [-0.2, -0.15) is 5.10 Å². The minimum atomic E-state index is -0.556. The van der Waals surface area contributed by atoms with Gasteiger partial charge in [0.1, 0.15) is 12.7 Å². The second-order valence-corrected chi connectivity index (χ2v) is 7.94. The van der Waals surface area contributed by atoms with E-state index in [1.54, 1.807) is 34.9 Å². The van der Waals surface area contributed by atoms with Gasteiger partial charge in [-0.1, -0.05) is 54.2 Å². The zero-order valence-electron chi connectivity index (χ0n) is 17.0. The van der Waals surface area contributed by atoms with E-state index in [2.05, 4.69) is 15.4 Å². The molecule has 0 radical (unpaired) electrons. The molecule has 32 heavy (non-hydrogen) atoms. The molecule has 4 rings (SSSR count). The lowest BCUT2D eigenvalue weighted by Crippen LogP contribution is -2.21. The molecule has 0 spiro atoms. The summed E-state index contributed by atoms with van der Waals surface area (Å²) in [4.78, 5) is 30.5. The maximum atomic E-state index is 12.4. The smallest absolute Gasteiger partial charge is 0.338 e. The molecule has 7 nitrogen and oxygen atoms in total. The molecular formula is C24H20N4O3S. The van der Waals surface area contributed by atoms with Gasteiger partial charge in [0.25, 0.3) is 5.91 Å². The third-order valence-corrected chi connectivity index (χ3v) is 5.55. The van der Waals surface area contributed by atoms with E-state index in [9.17, 15) is 9.59 Å². The molecule has 0 saturated heterocycles. The van der Waals surface area contributed by atoms with Crippen molar-refractivity contribution >= 4 is 29.3 Å². The largest absolute Gasteiger partial charge is 0.452 e. The van der Waals surface area contributed by atoms with Gasteiger partial charge in [-0.05, 0) is 42.0 Å². The molecule has 0 aliphatic rings. The van der Waals surface area contributed by atoms with E-state index in [0.29, 0.717) is 17.8 Å². The number of benzene rings is 3. The van der Waals surface area contributed by atoms with Crippen LogP contribution < -0.4 is 5.32 Å². The van der Waals surface area contributed by atoms with Crippen molar-refractivity contribution in [3.63, 3.8) is 0 Å². The highest BCUT2D eigenvalue weighted by atomic mass is 32.2. The lowest BCUT2D eigenvalue weighted by atomic mass is 10.1. The van der Waals surface area contributed by atoms with Crippen LogP contribution in [0.5, 0.6) is 0 Å². The number of nitrogens with zero attached hydrogens (tertiary/aromatic N) is 3. The van der Waals surface area contributed by atoms with Crippen LogP contribution in [-0.2, 0) is 16.1 Å². The predicted octanol–water partition coefficient (Wildman–Crippen LogP) is 4.27. The molecule has 1 amide bonds. The lowest BCUT2D eigenvalue weighted by molar-refractivity contribution is -0.119. The van der Waals surface area contributed by atoms with Crippen LogP contribution in [0, 0.1) is 0 Å². The van der Waals surface area contributed by atoms with E-state index in [-0.39, 0.29) is 6.61 Å². The van der Waals surface area contributed by atoms with E-state index in [0.717, 1.165) is 15.4 Å². The van der Waals surface area contributed by atoms with E-state index < -0.39 is 11.9 Å². The number of para-hydroxylation sites is 1. The number of aromatic nitrogens is 3. The Morgan fingerprint density at radius 3 is 2.44 bits per heavy atom. The second-order valence-electron chi connectivity index (χ2n) is 6.83. The molecule has 0 aliphatic carbocycles. The van der Waals surface area contributed by atoms with Crippen molar-refractivity contribution in [3.05, 3.63) is 103 Å². The topological polar surface area (TPSA) is 86.1 Å². The normalized spacial score (nSPS) is 10.5. The Morgan fingerprint density at radius 2 is 1.69 bits per heavy atom. The first-order valence-electron chi connectivity index (χ1n) is 9.87. The van der Waals surface area contributed by atoms with E-state index in [4.69, 9.17) is 4.74 Å². The van der Waals surface area contributed by atoms with E-state index in [1.165, 1.54) is 6.33 Å². The number of anilines is 1. The van der Waals surface area contributed by atoms with Crippen molar-refractivity contribution in [1.82, 2.24) is 14.8 Å². The molecular weight excluding hydrogens is 424 g/mol. The SMILES string of the molecule is O=C(COC(=O)c1ccc(Cn2cncn2)cc1)Nc1ccccc1Sc1ccccc1. The van der Waals surface area contributed by atoms with Gasteiger partial charge in [0.2, 0.25) is 0 Å². The quantitative estimate of drug-likeness (QED) is 0.409. The summed E-state index contributed by atoms with van der Waals surface area (Å²) < 4.78 is 6.87. The molecule has 0 unspecified atom stereocenters. The van der Waals surface area contributed by atoms with Crippen molar-refractivity contribution < 1.29 is 14.3 Å². The van der Waals surface area contributed by atoms with Crippen molar-refractivity contribution in [2.75, 3.05) is 11.9 Å². The van der Waals surface area contributed by atoms with E-state index in [1.807, 2.05) is 66.7 Å². The number of carbonyl (C=O) groups is 2. The molecule has 0 bridgehead atoms. The maximum absolute atomic E-state index is 12.4. The Kier molecular flexibility index (Phi) is 6.94. The first-order valence-corrected chi connectivity index (χ1v) is 10.7. The Hall–Kier alpha value is -3.91. The Balaban J connectivity index is 1.31. The Bertz CT molecular complexity index is 1180. The van der Waals surface area contributed by atoms with Crippen molar-refractivity contribution in [1.29, 1.82) is 0 Å². The van der Waals surface area contributed by atoms with Crippen LogP contribution in [0.2, 0.25) is 0 Å². The molecule has 0 atom stereocenters. The summed E-state index contributed by atoms with van der Waals surface area (Å²) >= 11 is 1.55. The van der Waals surface area contributed by atoms with Crippen LogP contribution in [0.1, 0.15) is 15.9 Å². The summed E-state index contributed by atoms with van der Waals surface area (Å²) in [6.45, 7) is 0.183. The minimum Gasteiger partial charge on any atom is -0.452 e. The fraction of sp³-hybridized carbons (Fsp3) is 0.0833. The van der Waals surface area contributed by atoms with E-state index >= 15 is 0 Å². The van der Waals surface area contributed by atoms with Gasteiger partial charge in [-0.3, -0.25) is 4.79 Å². The third kappa shape index (κ3) is 5.83. The number of esters is 1. The van der Waals surface area contributed by atoms with Gasteiger partial charge in [-0.15, -0.1) is 0 Å². The predicted molar refractivity (Wildman–Crippen MR) is 121 cm³/mol. The zero-order chi connectivity index (χ0) is 22.2. The summed E-state index contributed by atoms with van der Waals surface area (Å²) in [6.07, 6.45) is 3.09. The molecule has 3 aromatic carbocycles. The van der Waals surface area contributed by atoms with Crippen LogP contribution in [-0.4, -0.2) is 33.2 Å². The molecule has 1 N–H and O–H groups in total. The van der Waals surface area contributed by atoms with Crippen molar-refractivity contribution in [3.8, 4) is 0 Å². The molecule has 0 aliphatic heterocycles. The Morgan fingerprint density at radius 1 is 0.938 bits per heavy atom. The van der Waals surface area contributed by atoms with Crippen LogP contribution in [0.15, 0.2) is 101 Å². The molecule has 0 saturated carbocycles. The number of carbonyl (C=O) groups excluding carboxylic acids is 2. The number of rotatable bonds is 8. The first kappa shape index (κ1) is 21.3. The van der Waals surface area contributed by atoms with Crippen LogP contribution in [0.25, 0.3) is 0 Å². The number of ether oxygens (including phenoxy) is 1. The maximum Gasteiger partial charge on any atom is 0.338 e. The zero-order valence-corrected chi connectivity index (χ0v) is 17.9. The van der Waals surface area contributed by atoms with Gasteiger partial charge in [-0.25, -0.2) is 14.5 Å². The van der Waals surface area contributed by atoms with Crippen LogP contribution >= 0.6 is 11.8 Å². The molecule has 0 fully saturated rings. The monoisotopic (exact) mass is 444 g/mol. The average Bonchev–Trinajstić information content (AvgIpc) is 3.33. The fourth-order valence-electron chi connectivity index (χ4n) is 2.92. The van der Waals surface area contributed by atoms with Crippen LogP contribution in [0.3, 0.4) is 0 Å². The van der Waals surface area contributed by atoms with Gasteiger partial charge in [0.05, 0.1) is 17.8 Å². The number of hydrogen-bond acceptors (Lipinski definition) is 6. The molecule has 1 aromatic heterocycles. The number of amides is 1. The highest BCUT2D eigenvalue weighted by Crippen LogP contribution is 2.33. The van der Waals surface area contributed by atoms with Crippen LogP contribution in [0.4, 0.5) is 5.69 Å². The number of hydrogen-bond donors (Lipinski definition) is 1. The average molecular weight is 445 g/mol. The third-order valence-electron chi connectivity index (χ3n) is 4.47. The summed E-state index contributed by atoms with van der Waals surface area (Å²) in [7, 11) is 0. The van der Waals surface area contributed by atoms with Gasteiger partial charge in [0.15, 0.2) is 6.61 Å². The summed E-state index contributed by atoms with van der Waals surface area (Å²) in [6, 6.07) is 24.3. The summed E-state index contributed by atoms with van der Waals surface area (Å²) in [5, 5.41) is 6.87. The summed E-state index contributed by atoms with van der Waals surface area (Å²) in [5.41, 5.74) is 2.01. The van der Waals surface area contributed by atoms with Gasteiger partial charge >= 0.3 is 5.97 Å². The highest BCUT2D eigenvalue weighted by Gasteiger charge is 2.12. The Labute approximate surface area is 189 Å². The highest BCUT2D eigenvalue weighted by molar-refractivity contribution is 7.99. The standard InChI is InChI=1S/C24H20N4O3S/c29-23(27-21-8-4-5-9-22(21)32-20-6-2-1-3-7-20)15-31-24(30)19-12-10-18(11-13-19)14-28-17-25-16-26-28/h1-13,16-17H,14-15H2,(H,27,29). The molecule has 4 aromatic rings. The lowest BCUT2D eigenvalue weighted by Gasteiger charge is -2.11. The van der Waals surface area contributed by atoms with Crippen molar-refractivity contribution in [2.45, 2.75) is 16.3 Å².